The normalized spacial score (nSPS) is 9.76. The molecule has 8 heteroatoms. The van der Waals surface area contributed by atoms with Crippen molar-refractivity contribution in [3.05, 3.63) is 24.3 Å². The maximum absolute atomic E-state index is 11.8. The van der Waals surface area contributed by atoms with Gasteiger partial charge in [0, 0.05) is 17.8 Å². The van der Waals surface area contributed by atoms with E-state index in [0.29, 0.717) is 19.5 Å². The Morgan fingerprint density at radius 1 is 0.880 bits per heavy atom. The van der Waals surface area contributed by atoms with Crippen LogP contribution in [0.3, 0.4) is 0 Å². The molecule has 6 nitrogen and oxygen atoms in total. The Morgan fingerprint density at radius 2 is 1.36 bits per heavy atom. The molecule has 0 unspecified atom stereocenters. The monoisotopic (exact) mass is 392 g/mol. The number of halogens is 2. The summed E-state index contributed by atoms with van der Waals surface area (Å²) in [5, 5.41) is 5.67. The molecule has 0 aliphatic rings. The molecule has 0 saturated carbocycles. The van der Waals surface area contributed by atoms with E-state index in [0.717, 1.165) is 37.1 Å². The third kappa shape index (κ3) is 12.6. The average molecular weight is 393 g/mol. The van der Waals surface area contributed by atoms with Crippen LogP contribution in [0.4, 0.5) is 11.4 Å². The number of carbonyl (C=O) groups is 2. The smallest absolute Gasteiger partial charge is 0.238 e. The lowest BCUT2D eigenvalue weighted by Gasteiger charge is -2.11. The van der Waals surface area contributed by atoms with Gasteiger partial charge in [0.05, 0.1) is 6.54 Å². The Labute approximate surface area is 162 Å². The number of anilines is 2. The number of nitrogens with two attached hydrogens (primary N) is 1. The van der Waals surface area contributed by atoms with Crippen LogP contribution < -0.4 is 16.4 Å². The zero-order chi connectivity index (χ0) is 17.1. The van der Waals surface area contributed by atoms with Crippen molar-refractivity contribution >= 4 is 48.0 Å². The van der Waals surface area contributed by atoms with Gasteiger partial charge in [0.15, 0.2) is 0 Å². The molecule has 0 aliphatic carbocycles. The number of hydrogen-bond donors (Lipinski definition) is 3. The molecule has 0 aliphatic heterocycles. The second kappa shape index (κ2) is 15.0. The standard InChI is InChI=1S/C17H28N4O2.2ClH/c1-21(2)13-17(23)20-15-10-8-14(9-11-15)19-16(22)7-5-3-4-6-12-18;;/h8-11H,3-7,12-13,18H2,1-2H3,(H,19,22)(H,20,23);2*1H. The van der Waals surface area contributed by atoms with Crippen LogP contribution in [0.15, 0.2) is 24.3 Å². The van der Waals surface area contributed by atoms with E-state index < -0.39 is 0 Å². The average Bonchev–Trinajstić information content (AvgIpc) is 2.48. The Bertz CT molecular complexity index is 496. The fourth-order valence-corrected chi connectivity index (χ4v) is 2.13. The van der Waals surface area contributed by atoms with Gasteiger partial charge in [-0.1, -0.05) is 12.8 Å². The summed E-state index contributed by atoms with van der Waals surface area (Å²) in [6, 6.07) is 7.14. The molecule has 0 heterocycles. The molecule has 0 fully saturated rings. The summed E-state index contributed by atoms with van der Waals surface area (Å²) in [5.41, 5.74) is 6.89. The number of hydrogen-bond acceptors (Lipinski definition) is 4. The second-order valence-corrected chi connectivity index (χ2v) is 5.86. The SMILES string of the molecule is CN(C)CC(=O)Nc1ccc(NC(=O)CCCCCCN)cc1.Cl.Cl. The third-order valence-electron chi connectivity index (χ3n) is 3.27. The van der Waals surface area contributed by atoms with Gasteiger partial charge < -0.3 is 21.3 Å². The molecule has 4 N–H and O–H groups in total. The highest BCUT2D eigenvalue weighted by Crippen LogP contribution is 2.14. The number of rotatable bonds is 10. The van der Waals surface area contributed by atoms with Gasteiger partial charge in [0.25, 0.3) is 0 Å². The number of likely N-dealkylation sites (N-methyl/N-ethyl adjacent to an activating group) is 1. The van der Waals surface area contributed by atoms with Crippen molar-refractivity contribution < 1.29 is 9.59 Å². The summed E-state index contributed by atoms with van der Waals surface area (Å²) in [5.74, 6) is -0.0496. The van der Waals surface area contributed by atoms with Crippen LogP contribution in [0.1, 0.15) is 32.1 Å². The number of nitrogens with one attached hydrogen (secondary N) is 2. The van der Waals surface area contributed by atoms with Crippen LogP contribution in [-0.4, -0.2) is 43.9 Å². The summed E-state index contributed by atoms with van der Waals surface area (Å²) < 4.78 is 0. The van der Waals surface area contributed by atoms with E-state index in [1.165, 1.54) is 0 Å². The van der Waals surface area contributed by atoms with Gasteiger partial charge in [-0.15, -0.1) is 24.8 Å². The maximum Gasteiger partial charge on any atom is 0.238 e. The lowest BCUT2D eigenvalue weighted by molar-refractivity contribution is -0.117. The molecule has 0 bridgehead atoms. The van der Waals surface area contributed by atoms with Gasteiger partial charge in [-0.2, -0.15) is 0 Å². The highest BCUT2D eigenvalue weighted by Gasteiger charge is 2.05. The predicted octanol–water partition coefficient (Wildman–Crippen LogP) is 2.88. The Morgan fingerprint density at radius 3 is 1.84 bits per heavy atom. The third-order valence-corrected chi connectivity index (χ3v) is 3.27. The van der Waals surface area contributed by atoms with E-state index >= 15 is 0 Å². The van der Waals surface area contributed by atoms with Crippen molar-refractivity contribution in [3.8, 4) is 0 Å². The zero-order valence-corrected chi connectivity index (χ0v) is 16.5. The topological polar surface area (TPSA) is 87.5 Å². The molecule has 25 heavy (non-hydrogen) atoms. The molecular formula is C17H30Cl2N4O2. The van der Waals surface area contributed by atoms with Crippen molar-refractivity contribution in [2.24, 2.45) is 5.73 Å². The largest absolute Gasteiger partial charge is 0.330 e. The Hall–Kier alpha value is -1.34. The summed E-state index contributed by atoms with van der Waals surface area (Å²) in [6.07, 6.45) is 4.52. The molecular weight excluding hydrogens is 363 g/mol. The van der Waals surface area contributed by atoms with Gasteiger partial charge in [0.1, 0.15) is 0 Å². The highest BCUT2D eigenvalue weighted by atomic mass is 35.5. The van der Waals surface area contributed by atoms with Gasteiger partial charge in [-0.3, -0.25) is 9.59 Å². The maximum atomic E-state index is 11.8. The lowest BCUT2D eigenvalue weighted by atomic mass is 10.1. The summed E-state index contributed by atoms with van der Waals surface area (Å²) in [7, 11) is 3.68. The molecule has 144 valence electrons. The highest BCUT2D eigenvalue weighted by molar-refractivity contribution is 5.93. The van der Waals surface area contributed by atoms with Gasteiger partial charge in [-0.25, -0.2) is 0 Å². The predicted molar refractivity (Wildman–Crippen MR) is 109 cm³/mol. The Balaban J connectivity index is 0. The number of unbranched alkanes of at least 4 members (excludes halogenated alkanes) is 3. The first kappa shape index (κ1) is 25.9. The van der Waals surface area contributed by atoms with E-state index in [-0.39, 0.29) is 36.6 Å². The molecule has 0 atom stereocenters. The van der Waals surface area contributed by atoms with Crippen LogP contribution >= 0.6 is 24.8 Å². The van der Waals surface area contributed by atoms with Crippen molar-refractivity contribution in [1.82, 2.24) is 4.90 Å². The first-order chi connectivity index (χ1) is 11.0. The molecule has 1 aromatic carbocycles. The van der Waals surface area contributed by atoms with E-state index in [1.807, 2.05) is 14.1 Å². The minimum absolute atomic E-state index is 0. The number of amides is 2. The van der Waals surface area contributed by atoms with Crippen molar-refractivity contribution in [1.29, 1.82) is 0 Å². The van der Waals surface area contributed by atoms with Crippen molar-refractivity contribution in [3.63, 3.8) is 0 Å². The molecule has 2 amide bonds. The van der Waals surface area contributed by atoms with Crippen LogP contribution in [0.2, 0.25) is 0 Å². The number of carbonyl (C=O) groups excluding carboxylic acids is 2. The van der Waals surface area contributed by atoms with Gasteiger partial charge >= 0.3 is 0 Å². The van der Waals surface area contributed by atoms with Crippen LogP contribution in [0.5, 0.6) is 0 Å². The van der Waals surface area contributed by atoms with E-state index in [1.54, 1.807) is 29.2 Å². The lowest BCUT2D eigenvalue weighted by Crippen LogP contribution is -2.27. The molecule has 0 spiro atoms. The zero-order valence-electron chi connectivity index (χ0n) is 14.9. The fourth-order valence-electron chi connectivity index (χ4n) is 2.13. The van der Waals surface area contributed by atoms with Crippen molar-refractivity contribution in [2.45, 2.75) is 32.1 Å². The molecule has 0 saturated heterocycles. The molecule has 1 aromatic rings. The first-order valence-electron chi connectivity index (χ1n) is 8.06. The van der Waals surface area contributed by atoms with Gasteiger partial charge in [-0.05, 0) is 57.7 Å². The van der Waals surface area contributed by atoms with E-state index in [2.05, 4.69) is 10.6 Å². The van der Waals surface area contributed by atoms with Crippen LogP contribution in [0, 0.1) is 0 Å². The van der Waals surface area contributed by atoms with Crippen molar-refractivity contribution in [2.75, 3.05) is 37.8 Å². The fraction of sp³-hybridized carbons (Fsp3) is 0.529. The summed E-state index contributed by atoms with van der Waals surface area (Å²) in [4.78, 5) is 25.3. The van der Waals surface area contributed by atoms with E-state index in [4.69, 9.17) is 5.73 Å². The molecule has 0 aromatic heterocycles. The number of nitrogens with zero attached hydrogens (tertiary/aromatic N) is 1. The summed E-state index contributed by atoms with van der Waals surface area (Å²) >= 11 is 0. The molecule has 1 rings (SSSR count). The quantitative estimate of drug-likeness (QED) is 0.534. The summed E-state index contributed by atoms with van der Waals surface area (Å²) in [6.45, 7) is 1.05. The minimum Gasteiger partial charge on any atom is -0.330 e. The Kier molecular flexibility index (Phi) is 15.5. The minimum atomic E-state index is -0.0655. The number of benzene rings is 1. The van der Waals surface area contributed by atoms with E-state index in [9.17, 15) is 9.59 Å². The van der Waals surface area contributed by atoms with Crippen LogP contribution in [0.25, 0.3) is 0 Å². The second-order valence-electron chi connectivity index (χ2n) is 5.86. The first-order valence-corrected chi connectivity index (χ1v) is 8.06. The molecule has 0 radical (unpaired) electrons. The van der Waals surface area contributed by atoms with Gasteiger partial charge in [0.2, 0.25) is 11.8 Å². The van der Waals surface area contributed by atoms with Crippen LogP contribution in [-0.2, 0) is 9.59 Å².